The summed E-state index contributed by atoms with van der Waals surface area (Å²) in [6, 6.07) is 7.15. The first kappa shape index (κ1) is 13.6. The number of benzene rings is 1. The van der Waals surface area contributed by atoms with E-state index < -0.39 is 6.43 Å². The van der Waals surface area contributed by atoms with Crippen molar-refractivity contribution >= 4 is 11.8 Å². The van der Waals surface area contributed by atoms with E-state index in [1.54, 1.807) is 18.2 Å². The summed E-state index contributed by atoms with van der Waals surface area (Å²) in [6.45, 7) is 0. The van der Waals surface area contributed by atoms with Gasteiger partial charge < -0.3 is 10.6 Å². The van der Waals surface area contributed by atoms with Gasteiger partial charge in [-0.2, -0.15) is 0 Å². The molecule has 8 heteroatoms. The second-order valence-corrected chi connectivity index (χ2v) is 4.57. The maximum atomic E-state index is 12.2. The predicted molar refractivity (Wildman–Crippen MR) is 68.9 cm³/mol. The molecule has 0 aliphatic rings. The number of nitrogens with zero attached hydrogens (tertiary/aromatic N) is 3. The van der Waals surface area contributed by atoms with E-state index in [9.17, 15) is 8.78 Å². The Labute approximate surface area is 112 Å². The predicted octanol–water partition coefficient (Wildman–Crippen LogP) is 2.02. The Balaban J connectivity index is 2.31. The number of rotatable bonds is 5. The fourth-order valence-corrected chi connectivity index (χ4v) is 2.13. The van der Waals surface area contributed by atoms with Crippen molar-refractivity contribution in [1.82, 2.24) is 14.9 Å². The van der Waals surface area contributed by atoms with Crippen molar-refractivity contribution in [3.8, 4) is 17.1 Å². The van der Waals surface area contributed by atoms with Crippen LogP contribution in [0.2, 0.25) is 0 Å². The topological polar surface area (TPSA) is 66.0 Å². The first-order valence-electron chi connectivity index (χ1n) is 5.38. The van der Waals surface area contributed by atoms with Crippen molar-refractivity contribution in [3.05, 3.63) is 24.3 Å². The van der Waals surface area contributed by atoms with Crippen molar-refractivity contribution in [3.63, 3.8) is 0 Å². The molecule has 0 saturated heterocycles. The van der Waals surface area contributed by atoms with E-state index in [0.717, 1.165) is 11.8 Å². The third-order valence-electron chi connectivity index (χ3n) is 2.35. The average Bonchev–Trinajstić information content (AvgIpc) is 2.77. The zero-order valence-electron chi connectivity index (χ0n) is 10.1. The van der Waals surface area contributed by atoms with E-state index in [0.29, 0.717) is 17.1 Å². The molecule has 2 N–H and O–H groups in total. The minimum atomic E-state index is -2.42. The van der Waals surface area contributed by atoms with Gasteiger partial charge in [-0.05, 0) is 12.1 Å². The zero-order valence-corrected chi connectivity index (χ0v) is 10.9. The van der Waals surface area contributed by atoms with Gasteiger partial charge in [0.15, 0.2) is 5.82 Å². The van der Waals surface area contributed by atoms with Gasteiger partial charge in [-0.3, -0.25) is 0 Å². The number of hydrogen-bond acceptors (Lipinski definition) is 5. The van der Waals surface area contributed by atoms with Crippen LogP contribution < -0.4 is 10.6 Å². The van der Waals surface area contributed by atoms with Crippen LogP contribution in [0.1, 0.15) is 0 Å². The van der Waals surface area contributed by atoms with E-state index in [1.165, 1.54) is 11.8 Å². The van der Waals surface area contributed by atoms with Gasteiger partial charge in [-0.15, -0.1) is 10.2 Å². The van der Waals surface area contributed by atoms with Gasteiger partial charge in [0.1, 0.15) is 5.75 Å². The summed E-state index contributed by atoms with van der Waals surface area (Å²) in [5.41, 5.74) is 0.656. The SMILES string of the molecule is COc1ccccc1-c1nnc(SCC(F)F)n1N. The number of aromatic nitrogens is 3. The number of hydrogen-bond donors (Lipinski definition) is 1. The largest absolute Gasteiger partial charge is 0.496 e. The van der Waals surface area contributed by atoms with Crippen LogP contribution in [-0.4, -0.2) is 34.2 Å². The Morgan fingerprint density at radius 3 is 2.79 bits per heavy atom. The number of ether oxygens (including phenoxy) is 1. The lowest BCUT2D eigenvalue weighted by Crippen LogP contribution is -2.12. The highest BCUT2D eigenvalue weighted by Gasteiger charge is 2.16. The molecular formula is C11H12F2N4OS. The molecule has 1 aromatic heterocycles. The van der Waals surface area contributed by atoms with Crippen LogP contribution in [0.25, 0.3) is 11.4 Å². The second kappa shape index (κ2) is 5.87. The lowest BCUT2D eigenvalue weighted by Gasteiger charge is -2.07. The van der Waals surface area contributed by atoms with E-state index in [1.807, 2.05) is 6.07 Å². The van der Waals surface area contributed by atoms with Gasteiger partial charge in [0, 0.05) is 0 Å². The lowest BCUT2D eigenvalue weighted by molar-refractivity contribution is 0.176. The van der Waals surface area contributed by atoms with Crippen molar-refractivity contribution in [1.29, 1.82) is 0 Å². The Morgan fingerprint density at radius 1 is 1.37 bits per heavy atom. The maximum Gasteiger partial charge on any atom is 0.248 e. The Kier molecular flexibility index (Phi) is 4.20. The van der Waals surface area contributed by atoms with Crippen LogP contribution in [-0.2, 0) is 0 Å². The normalized spacial score (nSPS) is 10.9. The van der Waals surface area contributed by atoms with Gasteiger partial charge in [-0.25, -0.2) is 13.5 Å². The van der Waals surface area contributed by atoms with Crippen LogP contribution >= 0.6 is 11.8 Å². The monoisotopic (exact) mass is 286 g/mol. The molecule has 0 radical (unpaired) electrons. The molecule has 102 valence electrons. The van der Waals surface area contributed by atoms with Gasteiger partial charge in [-0.1, -0.05) is 23.9 Å². The standard InChI is InChI=1S/C11H12F2N4OS/c1-18-8-5-3-2-4-7(8)10-15-16-11(17(10)14)19-6-9(12)13/h2-5,9H,6,14H2,1H3. The van der Waals surface area contributed by atoms with E-state index in [-0.39, 0.29) is 10.9 Å². The summed E-state index contributed by atoms with van der Waals surface area (Å²) in [7, 11) is 1.53. The van der Waals surface area contributed by atoms with Crippen molar-refractivity contribution in [2.24, 2.45) is 0 Å². The molecule has 0 atom stereocenters. The zero-order chi connectivity index (χ0) is 13.8. The van der Waals surface area contributed by atoms with Gasteiger partial charge >= 0.3 is 0 Å². The Bertz CT molecular complexity index is 561. The number of halogens is 2. The first-order chi connectivity index (χ1) is 9.13. The number of nitrogens with two attached hydrogens (primary N) is 1. The second-order valence-electron chi connectivity index (χ2n) is 3.58. The number of alkyl halides is 2. The molecule has 1 aromatic carbocycles. The van der Waals surface area contributed by atoms with E-state index in [4.69, 9.17) is 10.6 Å². The molecule has 0 unspecified atom stereocenters. The molecule has 2 aromatic rings. The molecule has 5 nitrogen and oxygen atoms in total. The summed E-state index contributed by atoms with van der Waals surface area (Å²) in [5.74, 6) is 6.40. The molecular weight excluding hydrogens is 274 g/mol. The highest BCUT2D eigenvalue weighted by Crippen LogP contribution is 2.29. The molecule has 0 aliphatic heterocycles. The lowest BCUT2D eigenvalue weighted by atomic mass is 10.2. The number of methoxy groups -OCH3 is 1. The molecule has 19 heavy (non-hydrogen) atoms. The minimum absolute atomic E-state index is 0.237. The van der Waals surface area contributed by atoms with E-state index >= 15 is 0 Å². The van der Waals surface area contributed by atoms with Crippen LogP contribution in [0.4, 0.5) is 8.78 Å². The average molecular weight is 286 g/mol. The molecule has 0 saturated carbocycles. The summed E-state index contributed by atoms with van der Waals surface area (Å²) in [4.78, 5) is 0. The highest BCUT2D eigenvalue weighted by molar-refractivity contribution is 7.99. The van der Waals surface area contributed by atoms with Crippen molar-refractivity contribution in [2.75, 3.05) is 18.7 Å². The fourth-order valence-electron chi connectivity index (χ4n) is 1.53. The quantitative estimate of drug-likeness (QED) is 0.673. The van der Waals surface area contributed by atoms with E-state index in [2.05, 4.69) is 10.2 Å². The molecule has 2 rings (SSSR count). The summed E-state index contributed by atoms with van der Waals surface area (Å²) in [5, 5.41) is 7.95. The number of nitrogen functional groups attached to an aromatic ring is 1. The third-order valence-corrected chi connectivity index (χ3v) is 3.31. The first-order valence-corrected chi connectivity index (χ1v) is 6.37. The maximum absolute atomic E-state index is 12.2. The summed E-state index contributed by atoms with van der Waals surface area (Å²) in [6.07, 6.45) is -2.42. The van der Waals surface area contributed by atoms with Gasteiger partial charge in [0.25, 0.3) is 0 Å². The van der Waals surface area contributed by atoms with Crippen LogP contribution in [0.15, 0.2) is 29.4 Å². The van der Waals surface area contributed by atoms with Crippen LogP contribution in [0.3, 0.4) is 0 Å². The van der Waals surface area contributed by atoms with Crippen molar-refractivity contribution < 1.29 is 13.5 Å². The Hall–Kier alpha value is -1.83. The molecule has 0 fully saturated rings. The molecule has 1 heterocycles. The summed E-state index contributed by atoms with van der Waals surface area (Å²) >= 11 is 0.858. The molecule has 0 aliphatic carbocycles. The van der Waals surface area contributed by atoms with Gasteiger partial charge in [0.2, 0.25) is 11.6 Å². The van der Waals surface area contributed by atoms with Crippen LogP contribution in [0.5, 0.6) is 5.75 Å². The summed E-state index contributed by atoms with van der Waals surface area (Å²) < 4.78 is 30.7. The Morgan fingerprint density at radius 2 is 2.11 bits per heavy atom. The van der Waals surface area contributed by atoms with Crippen LogP contribution in [0, 0.1) is 0 Å². The number of para-hydroxylation sites is 1. The molecule has 0 spiro atoms. The smallest absolute Gasteiger partial charge is 0.248 e. The molecule has 0 amide bonds. The highest BCUT2D eigenvalue weighted by atomic mass is 32.2. The van der Waals surface area contributed by atoms with Crippen molar-refractivity contribution in [2.45, 2.75) is 11.6 Å². The number of thioether (sulfide) groups is 1. The van der Waals surface area contributed by atoms with Gasteiger partial charge in [0.05, 0.1) is 18.4 Å². The fraction of sp³-hybridized carbons (Fsp3) is 0.273. The minimum Gasteiger partial charge on any atom is -0.496 e. The molecule has 0 bridgehead atoms. The third kappa shape index (κ3) is 2.95.